The zero-order valence-corrected chi connectivity index (χ0v) is 21.0. The second-order valence-corrected chi connectivity index (χ2v) is 9.73. The molecule has 174 valence electrons. The van der Waals surface area contributed by atoms with Crippen LogP contribution in [0, 0.1) is 13.8 Å². The van der Waals surface area contributed by atoms with Gasteiger partial charge in [0.1, 0.15) is 0 Å². The van der Waals surface area contributed by atoms with Crippen molar-refractivity contribution in [3.8, 4) is 0 Å². The maximum atomic E-state index is 5.94. The first-order chi connectivity index (χ1) is 16.2. The topological polar surface area (TPSA) is 52.0 Å². The van der Waals surface area contributed by atoms with Crippen molar-refractivity contribution in [3.05, 3.63) is 129 Å². The summed E-state index contributed by atoms with van der Waals surface area (Å²) in [5.74, 6) is 1.01. The molecule has 0 aliphatic rings. The summed E-state index contributed by atoms with van der Waals surface area (Å²) in [7, 11) is 0. The summed E-state index contributed by atoms with van der Waals surface area (Å²) in [6.45, 7) is 11.1. The van der Waals surface area contributed by atoms with Crippen LogP contribution in [-0.4, -0.2) is 0 Å². The maximum Gasteiger partial charge on any atom is 0.0316 e. The Labute approximate surface area is 204 Å². The van der Waals surface area contributed by atoms with Gasteiger partial charge >= 0.3 is 0 Å². The van der Waals surface area contributed by atoms with Crippen molar-refractivity contribution in [1.29, 1.82) is 0 Å². The van der Waals surface area contributed by atoms with Gasteiger partial charge in [-0.25, -0.2) is 0 Å². The molecule has 4 rings (SSSR count). The normalized spacial score (nSPS) is 13.9. The molecule has 0 saturated heterocycles. The number of aryl methyl sites for hydroxylation is 2. The average molecular weight is 449 g/mol. The van der Waals surface area contributed by atoms with E-state index in [2.05, 4.69) is 107 Å². The van der Waals surface area contributed by atoms with E-state index in [1.165, 1.54) is 44.5 Å². The number of hydrogen-bond donors (Lipinski definition) is 2. The van der Waals surface area contributed by atoms with Crippen LogP contribution in [-0.2, 0) is 0 Å². The summed E-state index contributed by atoms with van der Waals surface area (Å²) in [6.07, 6.45) is 0. The molecular weight excluding hydrogens is 412 g/mol. The van der Waals surface area contributed by atoms with Crippen molar-refractivity contribution >= 4 is 11.4 Å². The number of benzene rings is 4. The monoisotopic (exact) mass is 448 g/mol. The Hall–Kier alpha value is -3.52. The molecule has 0 radical (unpaired) electrons. The summed E-state index contributed by atoms with van der Waals surface area (Å²) in [5, 5.41) is 0. The standard InChI is InChI=1S/C32H36N2/c1-20-18-29(33)14-16-31(20)23(4)27-10-6-25(7-11-27)22(3)26-8-12-28(13-9-26)24(5)32-17-15-30(34)19-21(32)2/h6-19,22-24H,33-34H2,1-5H3. The van der Waals surface area contributed by atoms with Crippen LogP contribution < -0.4 is 11.5 Å². The smallest absolute Gasteiger partial charge is 0.0316 e. The second-order valence-electron chi connectivity index (χ2n) is 9.73. The molecule has 2 heteroatoms. The lowest BCUT2D eigenvalue weighted by molar-refractivity contribution is 0.883. The van der Waals surface area contributed by atoms with Crippen LogP contribution in [0.15, 0.2) is 84.9 Å². The zero-order valence-electron chi connectivity index (χ0n) is 21.0. The van der Waals surface area contributed by atoms with E-state index in [1.807, 2.05) is 12.1 Å². The van der Waals surface area contributed by atoms with Gasteiger partial charge in [0.05, 0.1) is 0 Å². The van der Waals surface area contributed by atoms with Crippen LogP contribution >= 0.6 is 0 Å². The first-order valence-corrected chi connectivity index (χ1v) is 12.2. The van der Waals surface area contributed by atoms with E-state index in [1.54, 1.807) is 0 Å². The molecule has 2 unspecified atom stereocenters. The third kappa shape index (κ3) is 4.87. The quantitative estimate of drug-likeness (QED) is 0.294. The van der Waals surface area contributed by atoms with Crippen molar-refractivity contribution in [2.45, 2.75) is 52.4 Å². The Morgan fingerprint density at radius 2 is 0.735 bits per heavy atom. The van der Waals surface area contributed by atoms with Crippen LogP contribution in [0.2, 0.25) is 0 Å². The van der Waals surface area contributed by atoms with Gasteiger partial charge in [-0.05, 0) is 82.6 Å². The number of nitrogens with two attached hydrogens (primary N) is 2. The molecule has 4 aromatic carbocycles. The predicted octanol–water partition coefficient (Wildman–Crippen LogP) is 7.92. The van der Waals surface area contributed by atoms with Gasteiger partial charge in [0.15, 0.2) is 0 Å². The van der Waals surface area contributed by atoms with E-state index in [9.17, 15) is 0 Å². The molecular formula is C32H36N2. The summed E-state index contributed by atoms with van der Waals surface area (Å²) in [5.41, 5.74) is 24.0. The van der Waals surface area contributed by atoms with E-state index in [0.29, 0.717) is 17.8 Å². The highest BCUT2D eigenvalue weighted by atomic mass is 14.5. The summed E-state index contributed by atoms with van der Waals surface area (Å²) in [4.78, 5) is 0. The Morgan fingerprint density at radius 3 is 1.03 bits per heavy atom. The molecule has 0 amide bonds. The molecule has 0 heterocycles. The highest BCUT2D eigenvalue weighted by Gasteiger charge is 2.15. The lowest BCUT2D eigenvalue weighted by Crippen LogP contribution is -2.02. The van der Waals surface area contributed by atoms with Crippen LogP contribution in [0.25, 0.3) is 0 Å². The van der Waals surface area contributed by atoms with Crippen LogP contribution in [0.1, 0.15) is 83.0 Å². The van der Waals surface area contributed by atoms with E-state index >= 15 is 0 Å². The van der Waals surface area contributed by atoms with Gasteiger partial charge in [0, 0.05) is 29.1 Å². The Bertz CT molecular complexity index is 1170. The summed E-state index contributed by atoms with van der Waals surface area (Å²) in [6, 6.07) is 30.6. The number of hydrogen-bond acceptors (Lipinski definition) is 2. The molecule has 0 fully saturated rings. The maximum absolute atomic E-state index is 5.94. The average Bonchev–Trinajstić information content (AvgIpc) is 2.83. The Morgan fingerprint density at radius 1 is 0.441 bits per heavy atom. The van der Waals surface area contributed by atoms with Gasteiger partial charge in [-0.3, -0.25) is 0 Å². The number of nitrogen functional groups attached to an aromatic ring is 2. The lowest BCUT2D eigenvalue weighted by atomic mass is 9.86. The molecule has 4 aromatic rings. The molecule has 0 spiro atoms. The molecule has 0 bridgehead atoms. The van der Waals surface area contributed by atoms with Crippen LogP contribution in [0.3, 0.4) is 0 Å². The summed E-state index contributed by atoms with van der Waals surface area (Å²) < 4.78 is 0. The minimum atomic E-state index is 0.336. The molecule has 0 saturated carbocycles. The Kier molecular flexibility index (Phi) is 6.79. The van der Waals surface area contributed by atoms with E-state index < -0.39 is 0 Å². The van der Waals surface area contributed by atoms with E-state index in [-0.39, 0.29) is 0 Å². The van der Waals surface area contributed by atoms with Crippen molar-refractivity contribution in [2.75, 3.05) is 11.5 Å². The highest BCUT2D eigenvalue weighted by molar-refractivity contribution is 5.49. The predicted molar refractivity (Wildman–Crippen MR) is 147 cm³/mol. The van der Waals surface area contributed by atoms with Crippen LogP contribution in [0.5, 0.6) is 0 Å². The third-order valence-corrected chi connectivity index (χ3v) is 7.39. The fourth-order valence-electron chi connectivity index (χ4n) is 5.07. The van der Waals surface area contributed by atoms with Gasteiger partial charge in [-0.2, -0.15) is 0 Å². The fourth-order valence-corrected chi connectivity index (χ4v) is 5.07. The molecule has 2 nitrogen and oxygen atoms in total. The first-order valence-electron chi connectivity index (χ1n) is 12.2. The third-order valence-electron chi connectivity index (χ3n) is 7.39. The van der Waals surface area contributed by atoms with Gasteiger partial charge in [-0.1, -0.05) is 81.4 Å². The lowest BCUT2D eigenvalue weighted by Gasteiger charge is -2.19. The Balaban J connectivity index is 1.50. The summed E-state index contributed by atoms with van der Waals surface area (Å²) >= 11 is 0. The van der Waals surface area contributed by atoms with E-state index in [4.69, 9.17) is 11.5 Å². The van der Waals surface area contributed by atoms with Crippen molar-refractivity contribution < 1.29 is 0 Å². The molecule has 0 aliphatic heterocycles. The van der Waals surface area contributed by atoms with Crippen molar-refractivity contribution in [3.63, 3.8) is 0 Å². The second kappa shape index (κ2) is 9.77. The molecule has 0 aromatic heterocycles. The molecule has 0 aliphatic carbocycles. The fraction of sp³-hybridized carbons (Fsp3) is 0.250. The van der Waals surface area contributed by atoms with Crippen LogP contribution in [0.4, 0.5) is 11.4 Å². The van der Waals surface area contributed by atoms with Crippen molar-refractivity contribution in [1.82, 2.24) is 0 Å². The van der Waals surface area contributed by atoms with Gasteiger partial charge in [0.2, 0.25) is 0 Å². The SMILES string of the molecule is Cc1cc(N)ccc1C(C)c1ccc(C(C)c2ccc(C(C)c3ccc(N)cc3C)cc2)cc1. The molecule has 4 N–H and O–H groups in total. The molecule has 34 heavy (non-hydrogen) atoms. The highest BCUT2D eigenvalue weighted by Crippen LogP contribution is 2.32. The minimum Gasteiger partial charge on any atom is -0.399 e. The van der Waals surface area contributed by atoms with Gasteiger partial charge in [-0.15, -0.1) is 0 Å². The molecule has 2 atom stereocenters. The largest absolute Gasteiger partial charge is 0.399 e. The zero-order chi connectivity index (χ0) is 24.4. The van der Waals surface area contributed by atoms with Gasteiger partial charge < -0.3 is 11.5 Å². The minimum absolute atomic E-state index is 0.336. The van der Waals surface area contributed by atoms with Gasteiger partial charge in [0.25, 0.3) is 0 Å². The number of rotatable bonds is 6. The van der Waals surface area contributed by atoms with E-state index in [0.717, 1.165) is 11.4 Å². The van der Waals surface area contributed by atoms with Crippen molar-refractivity contribution in [2.24, 2.45) is 0 Å². The number of anilines is 2. The first kappa shape index (κ1) is 23.6.